The molecule has 0 spiro atoms. The average Bonchev–Trinajstić information content (AvgIpc) is 3.19. The van der Waals surface area contributed by atoms with Gasteiger partial charge in [-0.2, -0.15) is 4.98 Å². The highest BCUT2D eigenvalue weighted by molar-refractivity contribution is 5.85. The van der Waals surface area contributed by atoms with Crippen molar-refractivity contribution in [1.29, 1.82) is 0 Å². The van der Waals surface area contributed by atoms with Gasteiger partial charge in [-0.15, -0.1) is 12.4 Å². The van der Waals surface area contributed by atoms with Crippen LogP contribution in [0.3, 0.4) is 0 Å². The number of hydrogen-bond donors (Lipinski definition) is 0. The van der Waals surface area contributed by atoms with Crippen LogP contribution in [0.25, 0.3) is 16.9 Å². The third-order valence-corrected chi connectivity index (χ3v) is 5.73. The van der Waals surface area contributed by atoms with E-state index in [0.717, 1.165) is 23.3 Å². The van der Waals surface area contributed by atoms with Crippen molar-refractivity contribution in [2.24, 2.45) is 14.1 Å². The Balaban J connectivity index is 0.00000225. The molecule has 3 aromatic heterocycles. The molecule has 0 atom stereocenters. The molecule has 1 fully saturated rings. The van der Waals surface area contributed by atoms with Crippen LogP contribution in [0.5, 0.6) is 0 Å². The zero-order valence-electron chi connectivity index (χ0n) is 17.0. The first-order valence-corrected chi connectivity index (χ1v) is 9.80. The second-order valence-electron chi connectivity index (χ2n) is 7.90. The van der Waals surface area contributed by atoms with Crippen LogP contribution in [0, 0.1) is 0 Å². The number of rotatable bonds is 4. The fraction of sp³-hybridized carbons (Fsp3) is 0.632. The van der Waals surface area contributed by atoms with E-state index in [4.69, 9.17) is 0 Å². The van der Waals surface area contributed by atoms with E-state index in [-0.39, 0.29) is 29.7 Å². The van der Waals surface area contributed by atoms with Crippen molar-refractivity contribution in [2.45, 2.75) is 45.6 Å². The highest BCUT2D eigenvalue weighted by Crippen LogP contribution is 2.21. The van der Waals surface area contributed by atoms with Crippen LogP contribution in [0.2, 0.25) is 0 Å². The van der Waals surface area contributed by atoms with Crippen LogP contribution in [0.4, 0.5) is 0 Å². The van der Waals surface area contributed by atoms with E-state index < -0.39 is 0 Å². The minimum atomic E-state index is -0.352. The van der Waals surface area contributed by atoms with Crippen molar-refractivity contribution in [3.8, 4) is 0 Å². The smallest absolute Gasteiger partial charge is 0.311 e. The monoisotopic (exact) mass is 408 g/mol. The summed E-state index contributed by atoms with van der Waals surface area (Å²) < 4.78 is 6.65. The highest BCUT2D eigenvalue weighted by Gasteiger charge is 2.21. The molecule has 1 aliphatic heterocycles. The Morgan fingerprint density at radius 2 is 1.75 bits per heavy atom. The minimum absolute atomic E-state index is 0. The van der Waals surface area contributed by atoms with E-state index in [1.165, 1.54) is 49.7 Å². The molecule has 154 valence electrons. The second kappa shape index (κ2) is 7.75. The number of piperidine rings is 1. The molecule has 0 N–H and O–H groups in total. The summed E-state index contributed by atoms with van der Waals surface area (Å²) in [5.74, 6) is 0.729. The third kappa shape index (κ3) is 3.18. The first kappa shape index (κ1) is 20.7. The van der Waals surface area contributed by atoms with Gasteiger partial charge in [0.05, 0.1) is 0 Å². The van der Waals surface area contributed by atoms with E-state index in [0.29, 0.717) is 11.2 Å². The molecule has 28 heavy (non-hydrogen) atoms. The Morgan fingerprint density at radius 3 is 2.39 bits per heavy atom. The van der Waals surface area contributed by atoms with E-state index in [1.54, 1.807) is 7.05 Å². The van der Waals surface area contributed by atoms with Crippen LogP contribution in [-0.4, -0.2) is 47.6 Å². The molecule has 0 amide bonds. The van der Waals surface area contributed by atoms with Crippen molar-refractivity contribution in [3.63, 3.8) is 0 Å². The lowest BCUT2D eigenvalue weighted by Gasteiger charge is -2.26. The Morgan fingerprint density at radius 1 is 1.07 bits per heavy atom. The van der Waals surface area contributed by atoms with Crippen LogP contribution in [0.15, 0.2) is 15.8 Å². The second-order valence-corrected chi connectivity index (χ2v) is 7.90. The molecule has 1 saturated heterocycles. The van der Waals surface area contributed by atoms with Gasteiger partial charge in [0.2, 0.25) is 5.78 Å². The van der Waals surface area contributed by atoms with E-state index in [9.17, 15) is 9.59 Å². The molecule has 0 aromatic carbocycles. The summed E-state index contributed by atoms with van der Waals surface area (Å²) in [6.07, 6.45) is 6.85. The number of aryl methyl sites for hydroxylation is 1. The third-order valence-electron chi connectivity index (χ3n) is 5.73. The van der Waals surface area contributed by atoms with Gasteiger partial charge in [0.15, 0.2) is 11.2 Å². The van der Waals surface area contributed by atoms with Crippen molar-refractivity contribution >= 4 is 29.3 Å². The fourth-order valence-corrected chi connectivity index (χ4v) is 4.24. The highest BCUT2D eigenvalue weighted by atomic mass is 35.5. The van der Waals surface area contributed by atoms with E-state index in [1.807, 2.05) is 10.6 Å². The standard InChI is InChI=1S/C19H28N6O2.ClH/c1-13(2)25-14(8-11-23-9-6-5-7-10-23)12-24-15-16(20-18(24)25)21(3)19(27)22(4)17(15)26;/h12-13H,5-11H2,1-4H3;1H. The summed E-state index contributed by atoms with van der Waals surface area (Å²) in [6.45, 7) is 7.62. The molecule has 0 bridgehead atoms. The Hall–Kier alpha value is -2.06. The molecule has 8 nitrogen and oxygen atoms in total. The van der Waals surface area contributed by atoms with Gasteiger partial charge >= 0.3 is 5.69 Å². The van der Waals surface area contributed by atoms with Crippen LogP contribution < -0.4 is 11.2 Å². The maximum atomic E-state index is 12.7. The zero-order chi connectivity index (χ0) is 19.3. The molecule has 0 unspecified atom stereocenters. The predicted octanol–water partition coefficient (Wildman–Crippen LogP) is 1.72. The molecule has 4 rings (SSSR count). The largest absolute Gasteiger partial charge is 0.332 e. The van der Waals surface area contributed by atoms with Crippen molar-refractivity contribution in [2.75, 3.05) is 19.6 Å². The summed E-state index contributed by atoms with van der Waals surface area (Å²) in [4.78, 5) is 32.2. The summed E-state index contributed by atoms with van der Waals surface area (Å²) in [6, 6.07) is 0.219. The number of likely N-dealkylation sites (tertiary alicyclic amines) is 1. The number of nitrogens with zero attached hydrogens (tertiary/aromatic N) is 6. The minimum Gasteiger partial charge on any atom is -0.311 e. The topological polar surface area (TPSA) is 69.5 Å². The number of hydrogen-bond acceptors (Lipinski definition) is 4. The first-order chi connectivity index (χ1) is 12.9. The van der Waals surface area contributed by atoms with Crippen LogP contribution in [-0.2, 0) is 20.5 Å². The lowest BCUT2D eigenvalue weighted by atomic mass is 10.1. The van der Waals surface area contributed by atoms with Crippen molar-refractivity contribution < 1.29 is 0 Å². The maximum absolute atomic E-state index is 12.7. The summed E-state index contributed by atoms with van der Waals surface area (Å²) in [5.41, 5.74) is 1.43. The van der Waals surface area contributed by atoms with Gasteiger partial charge in [0, 0.05) is 45.0 Å². The number of halogens is 1. The molecule has 0 aliphatic carbocycles. The summed E-state index contributed by atoms with van der Waals surface area (Å²) in [5, 5.41) is 0. The molecule has 4 heterocycles. The molecule has 0 saturated carbocycles. The number of imidazole rings is 2. The quantitative estimate of drug-likeness (QED) is 0.659. The van der Waals surface area contributed by atoms with Gasteiger partial charge in [0.25, 0.3) is 5.56 Å². The van der Waals surface area contributed by atoms with Gasteiger partial charge in [-0.25, -0.2) is 4.79 Å². The Labute approximate surface area is 169 Å². The lowest BCUT2D eigenvalue weighted by Crippen LogP contribution is -2.37. The van der Waals surface area contributed by atoms with E-state index >= 15 is 0 Å². The molecule has 9 heteroatoms. The molecule has 0 radical (unpaired) electrons. The number of fused-ring (bicyclic) bond motifs is 3. The predicted molar refractivity (Wildman–Crippen MR) is 113 cm³/mol. The van der Waals surface area contributed by atoms with Crippen molar-refractivity contribution in [3.05, 3.63) is 32.7 Å². The lowest BCUT2D eigenvalue weighted by molar-refractivity contribution is 0.230. The normalized spacial score (nSPS) is 15.6. The Kier molecular flexibility index (Phi) is 5.72. The van der Waals surface area contributed by atoms with Crippen LogP contribution in [0.1, 0.15) is 44.8 Å². The summed E-state index contributed by atoms with van der Waals surface area (Å²) in [7, 11) is 3.17. The molecule has 1 aliphatic rings. The van der Waals surface area contributed by atoms with Gasteiger partial charge < -0.3 is 9.47 Å². The Bertz CT molecular complexity index is 1110. The van der Waals surface area contributed by atoms with Gasteiger partial charge in [-0.05, 0) is 39.8 Å². The van der Waals surface area contributed by atoms with Gasteiger partial charge in [0.1, 0.15) is 0 Å². The molecular formula is C19H29ClN6O2. The van der Waals surface area contributed by atoms with Gasteiger partial charge in [-0.1, -0.05) is 6.42 Å². The van der Waals surface area contributed by atoms with Gasteiger partial charge in [-0.3, -0.25) is 18.3 Å². The summed E-state index contributed by atoms with van der Waals surface area (Å²) >= 11 is 0. The molecular weight excluding hydrogens is 380 g/mol. The molecule has 3 aromatic rings. The maximum Gasteiger partial charge on any atom is 0.332 e. The number of aromatic nitrogens is 5. The van der Waals surface area contributed by atoms with E-state index in [2.05, 4.69) is 28.3 Å². The first-order valence-electron chi connectivity index (χ1n) is 9.80. The SMILES string of the molecule is CC(C)n1c(CCN2CCCCC2)cn2c3c(=O)n(C)c(=O)n(C)c3nc12.Cl. The average molecular weight is 409 g/mol. The van der Waals surface area contributed by atoms with Crippen molar-refractivity contribution in [1.82, 2.24) is 28.0 Å². The zero-order valence-corrected chi connectivity index (χ0v) is 17.8. The fourth-order valence-electron chi connectivity index (χ4n) is 4.24. The van der Waals surface area contributed by atoms with Crippen LogP contribution >= 0.6 is 12.4 Å².